The van der Waals surface area contributed by atoms with Gasteiger partial charge in [-0.15, -0.1) is 0 Å². The number of benzene rings is 1. The van der Waals surface area contributed by atoms with Gasteiger partial charge >= 0.3 is 0 Å². The van der Waals surface area contributed by atoms with E-state index in [4.69, 9.17) is 15.8 Å². The summed E-state index contributed by atoms with van der Waals surface area (Å²) >= 11 is 0. The van der Waals surface area contributed by atoms with Crippen LogP contribution in [0.5, 0.6) is 0 Å². The number of nitriles is 3. The van der Waals surface area contributed by atoms with E-state index in [0.717, 1.165) is 6.07 Å². The van der Waals surface area contributed by atoms with Gasteiger partial charge in [0, 0.05) is 5.69 Å². The van der Waals surface area contributed by atoms with E-state index < -0.39 is 5.82 Å². The molecule has 0 aliphatic rings. The standard InChI is InChI=1S/C13H6FN7/c14-11-3-10(20-12(6-17)9(4-15)5-16)1-2-13(11)21-8-18-7-19-21/h1-3,7-8,20H. The Morgan fingerprint density at radius 2 is 1.95 bits per heavy atom. The SMILES string of the molecule is N#CC(C#N)=C(C#N)Nc1ccc(-n2cncn2)c(F)c1. The summed E-state index contributed by atoms with van der Waals surface area (Å²) in [6.45, 7) is 0. The first-order valence-electron chi connectivity index (χ1n) is 5.55. The molecule has 0 aliphatic carbocycles. The van der Waals surface area contributed by atoms with Gasteiger partial charge in [0.25, 0.3) is 0 Å². The van der Waals surface area contributed by atoms with Gasteiger partial charge in [0.15, 0.2) is 11.4 Å². The molecule has 0 atom stereocenters. The van der Waals surface area contributed by atoms with Crippen molar-refractivity contribution in [1.82, 2.24) is 14.8 Å². The largest absolute Gasteiger partial charge is 0.345 e. The van der Waals surface area contributed by atoms with Gasteiger partial charge in [-0.25, -0.2) is 14.1 Å². The van der Waals surface area contributed by atoms with Crippen LogP contribution < -0.4 is 5.32 Å². The summed E-state index contributed by atoms with van der Waals surface area (Å²) in [6.07, 6.45) is 2.61. The van der Waals surface area contributed by atoms with Crippen molar-refractivity contribution in [2.45, 2.75) is 0 Å². The molecule has 0 aliphatic heterocycles. The summed E-state index contributed by atoms with van der Waals surface area (Å²) in [7, 11) is 0. The van der Waals surface area contributed by atoms with Crippen LogP contribution in [0, 0.1) is 39.8 Å². The van der Waals surface area contributed by atoms with E-state index in [1.807, 2.05) is 0 Å². The molecule has 0 bridgehead atoms. The number of hydrogen-bond donors (Lipinski definition) is 1. The second-order valence-corrected chi connectivity index (χ2v) is 3.72. The van der Waals surface area contributed by atoms with Crippen molar-refractivity contribution >= 4 is 5.69 Å². The maximum Gasteiger partial charge on any atom is 0.163 e. The number of aromatic nitrogens is 3. The quantitative estimate of drug-likeness (QED) is 0.854. The average Bonchev–Trinajstić information content (AvgIpc) is 3.01. The third-order valence-electron chi connectivity index (χ3n) is 2.47. The smallest absolute Gasteiger partial charge is 0.163 e. The molecule has 8 heteroatoms. The first kappa shape index (κ1) is 13.7. The summed E-state index contributed by atoms with van der Waals surface area (Å²) in [5.41, 5.74) is -0.205. The second-order valence-electron chi connectivity index (χ2n) is 3.72. The molecule has 0 spiro atoms. The second kappa shape index (κ2) is 5.96. The van der Waals surface area contributed by atoms with Gasteiger partial charge in [-0.1, -0.05) is 0 Å². The lowest BCUT2D eigenvalue weighted by Crippen LogP contribution is -2.03. The lowest BCUT2D eigenvalue weighted by Gasteiger charge is -2.07. The predicted octanol–water partition coefficient (Wildman–Crippen LogP) is 1.64. The van der Waals surface area contributed by atoms with E-state index in [1.165, 1.54) is 29.5 Å². The van der Waals surface area contributed by atoms with Crippen LogP contribution in [0.1, 0.15) is 0 Å². The van der Waals surface area contributed by atoms with Gasteiger partial charge in [0.2, 0.25) is 0 Å². The fourth-order valence-electron chi connectivity index (χ4n) is 1.53. The monoisotopic (exact) mass is 279 g/mol. The van der Waals surface area contributed by atoms with E-state index in [2.05, 4.69) is 15.4 Å². The zero-order valence-corrected chi connectivity index (χ0v) is 10.4. The lowest BCUT2D eigenvalue weighted by atomic mass is 10.2. The van der Waals surface area contributed by atoms with Crippen LogP contribution in [-0.4, -0.2) is 14.8 Å². The van der Waals surface area contributed by atoms with Crippen molar-refractivity contribution < 1.29 is 4.39 Å². The van der Waals surface area contributed by atoms with Gasteiger partial charge in [0.05, 0.1) is 0 Å². The molecule has 100 valence electrons. The topological polar surface area (TPSA) is 114 Å². The van der Waals surface area contributed by atoms with E-state index in [1.54, 1.807) is 18.2 Å². The Balaban J connectivity index is 2.35. The Labute approximate surface area is 118 Å². The molecule has 1 aromatic carbocycles. The fourth-order valence-corrected chi connectivity index (χ4v) is 1.53. The number of nitrogens with one attached hydrogen (secondary N) is 1. The van der Waals surface area contributed by atoms with Crippen LogP contribution in [-0.2, 0) is 0 Å². The minimum atomic E-state index is -0.599. The van der Waals surface area contributed by atoms with Crippen molar-refractivity contribution in [2.24, 2.45) is 0 Å². The summed E-state index contributed by atoms with van der Waals surface area (Å²) in [5.74, 6) is -0.599. The Morgan fingerprint density at radius 1 is 1.19 bits per heavy atom. The summed E-state index contributed by atoms with van der Waals surface area (Å²) in [5, 5.41) is 32.7. The summed E-state index contributed by atoms with van der Waals surface area (Å²) in [4.78, 5) is 3.72. The zero-order chi connectivity index (χ0) is 15.2. The number of hydrogen-bond acceptors (Lipinski definition) is 6. The molecule has 0 saturated carbocycles. The molecule has 1 heterocycles. The minimum Gasteiger partial charge on any atom is -0.345 e. The predicted molar refractivity (Wildman–Crippen MR) is 68.8 cm³/mol. The summed E-state index contributed by atoms with van der Waals surface area (Å²) in [6, 6.07) is 8.91. The third-order valence-corrected chi connectivity index (χ3v) is 2.47. The van der Waals surface area contributed by atoms with Crippen molar-refractivity contribution in [1.29, 1.82) is 15.8 Å². The number of nitrogens with zero attached hydrogens (tertiary/aromatic N) is 6. The Bertz CT molecular complexity index is 800. The highest BCUT2D eigenvalue weighted by atomic mass is 19.1. The van der Waals surface area contributed by atoms with Gasteiger partial charge in [-0.3, -0.25) is 0 Å². The molecule has 2 aromatic rings. The van der Waals surface area contributed by atoms with Crippen LogP contribution in [0.4, 0.5) is 10.1 Å². The molecule has 21 heavy (non-hydrogen) atoms. The van der Waals surface area contributed by atoms with Crippen molar-refractivity contribution in [2.75, 3.05) is 5.32 Å². The molecule has 0 unspecified atom stereocenters. The van der Waals surface area contributed by atoms with E-state index >= 15 is 0 Å². The fraction of sp³-hybridized carbons (Fsp3) is 0. The molecule has 1 aromatic heterocycles. The third kappa shape index (κ3) is 2.83. The molecule has 0 saturated heterocycles. The number of allylic oxidation sites excluding steroid dienone is 2. The highest BCUT2D eigenvalue weighted by Gasteiger charge is 2.09. The Kier molecular flexibility index (Phi) is 3.90. The van der Waals surface area contributed by atoms with Crippen molar-refractivity contribution in [3.05, 3.63) is 47.9 Å². The maximum absolute atomic E-state index is 14.0. The van der Waals surface area contributed by atoms with E-state index in [-0.39, 0.29) is 22.6 Å². The van der Waals surface area contributed by atoms with E-state index in [0.29, 0.717) is 0 Å². The molecule has 1 N–H and O–H groups in total. The number of rotatable bonds is 3. The van der Waals surface area contributed by atoms with Gasteiger partial charge in [-0.2, -0.15) is 20.9 Å². The minimum absolute atomic E-state index is 0.182. The molecule has 0 fully saturated rings. The van der Waals surface area contributed by atoms with Crippen LogP contribution in [0.2, 0.25) is 0 Å². The maximum atomic E-state index is 14.0. The van der Waals surface area contributed by atoms with Gasteiger partial charge in [0.1, 0.15) is 42.2 Å². The van der Waals surface area contributed by atoms with Gasteiger partial charge < -0.3 is 5.32 Å². The molecule has 0 amide bonds. The average molecular weight is 279 g/mol. The van der Waals surface area contributed by atoms with Crippen LogP contribution in [0.15, 0.2) is 42.1 Å². The normalized spacial score (nSPS) is 9.05. The van der Waals surface area contributed by atoms with E-state index in [9.17, 15) is 4.39 Å². The molecule has 7 nitrogen and oxygen atoms in total. The first-order chi connectivity index (χ1) is 10.2. The van der Waals surface area contributed by atoms with Crippen LogP contribution >= 0.6 is 0 Å². The first-order valence-corrected chi connectivity index (χ1v) is 5.55. The molecule has 2 rings (SSSR count). The number of anilines is 1. The van der Waals surface area contributed by atoms with Crippen LogP contribution in [0.3, 0.4) is 0 Å². The van der Waals surface area contributed by atoms with Crippen molar-refractivity contribution in [3.63, 3.8) is 0 Å². The number of halogens is 1. The molecular weight excluding hydrogens is 273 g/mol. The van der Waals surface area contributed by atoms with Gasteiger partial charge in [-0.05, 0) is 18.2 Å². The molecular formula is C13H6FN7. The highest BCUT2D eigenvalue weighted by molar-refractivity contribution is 5.59. The molecule has 0 radical (unpaired) electrons. The highest BCUT2D eigenvalue weighted by Crippen LogP contribution is 2.19. The lowest BCUT2D eigenvalue weighted by molar-refractivity contribution is 0.611. The Hall–Kier alpha value is -3.70. The van der Waals surface area contributed by atoms with Crippen molar-refractivity contribution in [3.8, 4) is 23.9 Å². The Morgan fingerprint density at radius 3 is 2.48 bits per heavy atom. The summed E-state index contributed by atoms with van der Waals surface area (Å²) < 4.78 is 15.2. The van der Waals surface area contributed by atoms with Crippen LogP contribution in [0.25, 0.3) is 5.69 Å². The zero-order valence-electron chi connectivity index (χ0n) is 10.4.